The lowest BCUT2D eigenvalue weighted by Crippen LogP contribution is -2.39. The Morgan fingerprint density at radius 2 is 2.20 bits per heavy atom. The quantitative estimate of drug-likeness (QED) is 0.770. The first kappa shape index (κ1) is 12.2. The Balaban J connectivity index is 2.73. The lowest BCUT2D eigenvalue weighted by molar-refractivity contribution is -0.133. The van der Waals surface area contributed by atoms with Gasteiger partial charge in [0.2, 0.25) is 5.91 Å². The van der Waals surface area contributed by atoms with Crippen LogP contribution in [-0.2, 0) is 9.59 Å². The lowest BCUT2D eigenvalue weighted by atomic mass is 9.81. The topological polar surface area (TPSA) is 46.2 Å². The number of carbonyl (C=O) groups is 2. The standard InChI is InChI=1S/C12H21NO2/c1-4-13-12(15)11(8(2)3)9-6-5-7-10(9)14/h8-9,11H,4-7H2,1-3H3,(H,13,15). The number of nitrogens with one attached hydrogen (secondary N) is 1. The van der Waals surface area contributed by atoms with Gasteiger partial charge in [-0.25, -0.2) is 0 Å². The fourth-order valence-electron chi connectivity index (χ4n) is 2.46. The molecule has 1 N–H and O–H groups in total. The summed E-state index contributed by atoms with van der Waals surface area (Å²) in [5, 5.41) is 2.83. The van der Waals surface area contributed by atoms with Crippen LogP contribution in [0.4, 0.5) is 0 Å². The molecule has 0 aliphatic heterocycles. The summed E-state index contributed by atoms with van der Waals surface area (Å²) in [6.45, 7) is 6.59. The van der Waals surface area contributed by atoms with Crippen molar-refractivity contribution in [3.63, 3.8) is 0 Å². The van der Waals surface area contributed by atoms with Crippen LogP contribution in [0.3, 0.4) is 0 Å². The molecule has 0 aromatic rings. The molecule has 3 nitrogen and oxygen atoms in total. The lowest BCUT2D eigenvalue weighted by Gasteiger charge is -2.24. The highest BCUT2D eigenvalue weighted by Gasteiger charge is 2.37. The zero-order valence-corrected chi connectivity index (χ0v) is 9.88. The van der Waals surface area contributed by atoms with Gasteiger partial charge in [-0.05, 0) is 25.7 Å². The van der Waals surface area contributed by atoms with E-state index in [1.165, 1.54) is 0 Å². The summed E-state index contributed by atoms with van der Waals surface area (Å²) >= 11 is 0. The average molecular weight is 211 g/mol. The molecule has 0 spiro atoms. The number of Topliss-reactive ketones (excluding diaryl/α,β-unsaturated/α-hetero) is 1. The van der Waals surface area contributed by atoms with Gasteiger partial charge in [-0.1, -0.05) is 13.8 Å². The minimum Gasteiger partial charge on any atom is -0.356 e. The average Bonchev–Trinajstić information content (AvgIpc) is 2.52. The fourth-order valence-corrected chi connectivity index (χ4v) is 2.46. The largest absolute Gasteiger partial charge is 0.356 e. The van der Waals surface area contributed by atoms with Crippen LogP contribution >= 0.6 is 0 Å². The Kier molecular flexibility index (Phi) is 4.30. The van der Waals surface area contributed by atoms with Gasteiger partial charge in [0.1, 0.15) is 5.78 Å². The van der Waals surface area contributed by atoms with Crippen molar-refractivity contribution in [1.82, 2.24) is 5.32 Å². The Bertz CT molecular complexity index is 248. The fraction of sp³-hybridized carbons (Fsp3) is 0.833. The monoisotopic (exact) mass is 211 g/mol. The van der Waals surface area contributed by atoms with Crippen LogP contribution in [0, 0.1) is 17.8 Å². The van der Waals surface area contributed by atoms with E-state index in [0.29, 0.717) is 13.0 Å². The second-order valence-corrected chi connectivity index (χ2v) is 4.63. The van der Waals surface area contributed by atoms with Crippen molar-refractivity contribution in [1.29, 1.82) is 0 Å². The molecule has 1 fully saturated rings. The van der Waals surface area contributed by atoms with Gasteiger partial charge in [-0.15, -0.1) is 0 Å². The molecule has 3 heteroatoms. The van der Waals surface area contributed by atoms with Gasteiger partial charge in [-0.2, -0.15) is 0 Å². The van der Waals surface area contributed by atoms with Crippen molar-refractivity contribution >= 4 is 11.7 Å². The normalized spacial score (nSPS) is 23.2. The van der Waals surface area contributed by atoms with Crippen molar-refractivity contribution in [2.75, 3.05) is 6.54 Å². The zero-order valence-electron chi connectivity index (χ0n) is 9.88. The molecule has 0 radical (unpaired) electrons. The summed E-state index contributed by atoms with van der Waals surface area (Å²) in [6, 6.07) is 0. The summed E-state index contributed by atoms with van der Waals surface area (Å²) in [5.41, 5.74) is 0. The van der Waals surface area contributed by atoms with Crippen LogP contribution in [0.2, 0.25) is 0 Å². The number of amides is 1. The van der Waals surface area contributed by atoms with E-state index in [4.69, 9.17) is 0 Å². The van der Waals surface area contributed by atoms with Crippen molar-refractivity contribution in [3.8, 4) is 0 Å². The number of hydrogen-bond donors (Lipinski definition) is 1. The SMILES string of the molecule is CCNC(=O)C(C(C)C)C1CCCC1=O. The maximum Gasteiger partial charge on any atom is 0.224 e. The Labute approximate surface area is 91.6 Å². The predicted molar refractivity (Wildman–Crippen MR) is 59.4 cm³/mol. The van der Waals surface area contributed by atoms with Crippen molar-refractivity contribution in [3.05, 3.63) is 0 Å². The second kappa shape index (κ2) is 5.29. The van der Waals surface area contributed by atoms with Gasteiger partial charge in [0.15, 0.2) is 0 Å². The first-order valence-corrected chi connectivity index (χ1v) is 5.88. The minimum absolute atomic E-state index is 0.0310. The van der Waals surface area contributed by atoms with Gasteiger partial charge >= 0.3 is 0 Å². The first-order chi connectivity index (χ1) is 7.07. The molecule has 1 amide bonds. The highest BCUT2D eigenvalue weighted by molar-refractivity contribution is 5.90. The molecule has 1 aliphatic rings. The summed E-state index contributed by atoms with van der Waals surface area (Å²) in [5.74, 6) is 0.410. The highest BCUT2D eigenvalue weighted by Crippen LogP contribution is 2.32. The van der Waals surface area contributed by atoms with E-state index < -0.39 is 0 Å². The second-order valence-electron chi connectivity index (χ2n) is 4.63. The molecule has 0 aromatic carbocycles. The Morgan fingerprint density at radius 3 is 2.60 bits per heavy atom. The number of rotatable bonds is 4. The van der Waals surface area contributed by atoms with Gasteiger partial charge in [0, 0.05) is 24.8 Å². The number of hydrogen-bond acceptors (Lipinski definition) is 2. The first-order valence-electron chi connectivity index (χ1n) is 5.88. The minimum atomic E-state index is -0.125. The van der Waals surface area contributed by atoms with Crippen LogP contribution in [0.5, 0.6) is 0 Å². The molecule has 1 saturated carbocycles. The van der Waals surface area contributed by atoms with Crippen LogP contribution < -0.4 is 5.32 Å². The third-order valence-corrected chi connectivity index (χ3v) is 3.16. The highest BCUT2D eigenvalue weighted by atomic mass is 16.2. The summed E-state index contributed by atoms with van der Waals surface area (Å²) in [6.07, 6.45) is 2.50. The molecule has 1 rings (SSSR count). The van der Waals surface area contributed by atoms with Gasteiger partial charge in [-0.3, -0.25) is 9.59 Å². The molecule has 15 heavy (non-hydrogen) atoms. The van der Waals surface area contributed by atoms with E-state index in [9.17, 15) is 9.59 Å². The van der Waals surface area contributed by atoms with E-state index in [2.05, 4.69) is 5.32 Å². The van der Waals surface area contributed by atoms with Gasteiger partial charge < -0.3 is 5.32 Å². The Hall–Kier alpha value is -0.860. The smallest absolute Gasteiger partial charge is 0.224 e. The molecule has 0 bridgehead atoms. The van der Waals surface area contributed by atoms with E-state index in [-0.39, 0.29) is 29.4 Å². The number of carbonyl (C=O) groups excluding carboxylic acids is 2. The van der Waals surface area contributed by atoms with Gasteiger partial charge in [0.05, 0.1) is 0 Å². The summed E-state index contributed by atoms with van der Waals surface area (Å²) < 4.78 is 0. The van der Waals surface area contributed by atoms with Crippen molar-refractivity contribution in [2.45, 2.75) is 40.0 Å². The molecule has 2 unspecified atom stereocenters. The molecule has 1 aliphatic carbocycles. The molecule has 2 atom stereocenters. The summed E-state index contributed by atoms with van der Waals surface area (Å²) in [4.78, 5) is 23.5. The predicted octanol–water partition coefficient (Wildman–Crippen LogP) is 1.76. The maximum atomic E-state index is 11.9. The molecular weight excluding hydrogens is 190 g/mol. The van der Waals surface area contributed by atoms with E-state index >= 15 is 0 Å². The Morgan fingerprint density at radius 1 is 1.53 bits per heavy atom. The number of ketones is 1. The molecular formula is C12H21NO2. The molecule has 0 saturated heterocycles. The van der Waals surface area contributed by atoms with Gasteiger partial charge in [0.25, 0.3) is 0 Å². The van der Waals surface area contributed by atoms with Crippen LogP contribution in [0.15, 0.2) is 0 Å². The molecule has 86 valence electrons. The van der Waals surface area contributed by atoms with Crippen molar-refractivity contribution < 1.29 is 9.59 Å². The van der Waals surface area contributed by atoms with E-state index in [1.54, 1.807) is 0 Å². The summed E-state index contributed by atoms with van der Waals surface area (Å²) in [7, 11) is 0. The molecule has 0 aromatic heterocycles. The molecule has 0 heterocycles. The third kappa shape index (κ3) is 2.80. The zero-order chi connectivity index (χ0) is 11.4. The van der Waals surface area contributed by atoms with Crippen molar-refractivity contribution in [2.24, 2.45) is 17.8 Å². The third-order valence-electron chi connectivity index (χ3n) is 3.16. The van der Waals surface area contributed by atoms with Crippen LogP contribution in [0.1, 0.15) is 40.0 Å². The van der Waals surface area contributed by atoms with Crippen LogP contribution in [-0.4, -0.2) is 18.2 Å². The van der Waals surface area contributed by atoms with E-state index in [0.717, 1.165) is 12.8 Å². The maximum absolute atomic E-state index is 11.9. The van der Waals surface area contributed by atoms with Crippen LogP contribution in [0.25, 0.3) is 0 Å². The van der Waals surface area contributed by atoms with E-state index in [1.807, 2.05) is 20.8 Å².